The van der Waals surface area contributed by atoms with E-state index in [2.05, 4.69) is 14.6 Å². The van der Waals surface area contributed by atoms with Gasteiger partial charge in [-0.2, -0.15) is 18.3 Å². The van der Waals surface area contributed by atoms with Gasteiger partial charge in [-0.25, -0.2) is 4.98 Å². The van der Waals surface area contributed by atoms with Crippen LogP contribution in [0.3, 0.4) is 0 Å². The molecule has 1 N–H and O–H groups in total. The van der Waals surface area contributed by atoms with E-state index in [0.717, 1.165) is 47.2 Å². The normalized spacial score (nSPS) is 18.1. The number of fused-ring (bicyclic) bond motifs is 1. The summed E-state index contributed by atoms with van der Waals surface area (Å²) in [5, 5.41) is 13.8. The number of hydrogen-bond acceptors (Lipinski definition) is 3. The van der Waals surface area contributed by atoms with E-state index in [4.69, 9.17) is 0 Å². The standard InChI is InChI=1S/C20H21F3N4O/c1-12(28)15-7-8-19-24-17(11-27(19)10-15)14-5-3-13(4-6-14)16-9-18(20(21,22)23)26(2)25-16/h3-6,9,11-12,15,28H,7-8,10H2,1-2H3. The Kier molecular flexibility index (Phi) is 4.53. The van der Waals surface area contributed by atoms with Gasteiger partial charge in [-0.3, -0.25) is 4.68 Å². The number of benzene rings is 1. The summed E-state index contributed by atoms with van der Waals surface area (Å²) in [4.78, 5) is 4.68. The molecule has 0 amide bonds. The van der Waals surface area contributed by atoms with Crippen molar-refractivity contribution in [1.29, 1.82) is 0 Å². The Morgan fingerprint density at radius 3 is 2.36 bits per heavy atom. The van der Waals surface area contributed by atoms with Crippen molar-refractivity contribution in [2.75, 3.05) is 0 Å². The molecule has 2 aromatic heterocycles. The number of nitrogens with zero attached hydrogens (tertiary/aromatic N) is 4. The minimum Gasteiger partial charge on any atom is -0.393 e. The number of rotatable bonds is 3. The Hall–Kier alpha value is -2.61. The average Bonchev–Trinajstić information content (AvgIpc) is 3.24. The monoisotopic (exact) mass is 390 g/mol. The van der Waals surface area contributed by atoms with Crippen molar-refractivity contribution in [3.8, 4) is 22.5 Å². The minimum absolute atomic E-state index is 0.226. The van der Waals surface area contributed by atoms with Gasteiger partial charge in [0.15, 0.2) is 0 Å². The largest absolute Gasteiger partial charge is 0.433 e. The lowest BCUT2D eigenvalue weighted by molar-refractivity contribution is -0.143. The van der Waals surface area contributed by atoms with Crippen molar-refractivity contribution < 1.29 is 18.3 Å². The van der Waals surface area contributed by atoms with E-state index in [0.29, 0.717) is 5.56 Å². The molecule has 3 aromatic rings. The van der Waals surface area contributed by atoms with Crippen LogP contribution in [0.4, 0.5) is 13.2 Å². The van der Waals surface area contributed by atoms with Crippen LogP contribution >= 0.6 is 0 Å². The molecule has 2 unspecified atom stereocenters. The number of aliphatic hydroxyl groups is 1. The Morgan fingerprint density at radius 2 is 1.79 bits per heavy atom. The van der Waals surface area contributed by atoms with E-state index in [1.165, 1.54) is 7.05 Å². The average molecular weight is 390 g/mol. The van der Waals surface area contributed by atoms with Gasteiger partial charge in [-0.05, 0) is 19.4 Å². The van der Waals surface area contributed by atoms with Crippen LogP contribution in [-0.2, 0) is 26.2 Å². The smallest absolute Gasteiger partial charge is 0.393 e. The van der Waals surface area contributed by atoms with Crippen molar-refractivity contribution in [3.63, 3.8) is 0 Å². The molecule has 2 atom stereocenters. The van der Waals surface area contributed by atoms with Crippen LogP contribution in [0.1, 0.15) is 24.9 Å². The Bertz CT molecular complexity index is 986. The van der Waals surface area contributed by atoms with E-state index < -0.39 is 11.9 Å². The van der Waals surface area contributed by atoms with Gasteiger partial charge >= 0.3 is 6.18 Å². The molecule has 148 valence electrons. The van der Waals surface area contributed by atoms with Crippen LogP contribution < -0.4 is 0 Å². The first-order chi connectivity index (χ1) is 13.2. The zero-order valence-electron chi connectivity index (χ0n) is 15.6. The number of aliphatic hydroxyl groups excluding tert-OH is 1. The predicted octanol–water partition coefficient (Wildman–Crippen LogP) is 3.91. The van der Waals surface area contributed by atoms with Crippen LogP contribution in [0.5, 0.6) is 0 Å². The number of alkyl halides is 3. The molecule has 0 radical (unpaired) electrons. The van der Waals surface area contributed by atoms with E-state index in [-0.39, 0.29) is 17.7 Å². The highest BCUT2D eigenvalue weighted by atomic mass is 19.4. The third kappa shape index (κ3) is 3.44. The molecule has 1 aliphatic heterocycles. The number of aromatic nitrogens is 4. The number of aryl methyl sites for hydroxylation is 2. The molecular weight excluding hydrogens is 369 g/mol. The molecule has 0 saturated carbocycles. The summed E-state index contributed by atoms with van der Waals surface area (Å²) in [5.74, 6) is 1.22. The third-order valence-electron chi connectivity index (χ3n) is 5.36. The molecule has 0 bridgehead atoms. The minimum atomic E-state index is -4.43. The van der Waals surface area contributed by atoms with E-state index >= 15 is 0 Å². The van der Waals surface area contributed by atoms with Crippen LogP contribution in [0.2, 0.25) is 0 Å². The summed E-state index contributed by atoms with van der Waals surface area (Å²) in [6, 6.07) is 8.26. The molecule has 5 nitrogen and oxygen atoms in total. The lowest BCUT2D eigenvalue weighted by Crippen LogP contribution is -2.27. The summed E-state index contributed by atoms with van der Waals surface area (Å²) in [6.07, 6.45) is -1.07. The van der Waals surface area contributed by atoms with Crippen molar-refractivity contribution in [1.82, 2.24) is 19.3 Å². The van der Waals surface area contributed by atoms with E-state index in [1.54, 1.807) is 12.1 Å². The molecule has 3 heterocycles. The summed E-state index contributed by atoms with van der Waals surface area (Å²) < 4.78 is 41.8. The van der Waals surface area contributed by atoms with Gasteiger partial charge in [0, 0.05) is 43.3 Å². The van der Waals surface area contributed by atoms with Crippen molar-refractivity contribution in [3.05, 3.63) is 48.0 Å². The number of imidazole rings is 1. The summed E-state index contributed by atoms with van der Waals surface area (Å²) in [7, 11) is 1.29. The quantitative estimate of drug-likeness (QED) is 0.738. The summed E-state index contributed by atoms with van der Waals surface area (Å²) in [6.45, 7) is 2.56. The topological polar surface area (TPSA) is 55.9 Å². The van der Waals surface area contributed by atoms with Gasteiger partial charge in [-0.1, -0.05) is 24.3 Å². The first-order valence-electron chi connectivity index (χ1n) is 9.18. The predicted molar refractivity (Wildman–Crippen MR) is 98.4 cm³/mol. The van der Waals surface area contributed by atoms with Gasteiger partial charge in [0.2, 0.25) is 0 Å². The number of hydrogen-bond donors (Lipinski definition) is 1. The first-order valence-corrected chi connectivity index (χ1v) is 9.18. The molecule has 0 spiro atoms. The maximum atomic E-state index is 13.0. The Morgan fingerprint density at radius 1 is 1.14 bits per heavy atom. The van der Waals surface area contributed by atoms with Gasteiger partial charge < -0.3 is 9.67 Å². The van der Waals surface area contributed by atoms with Crippen molar-refractivity contribution >= 4 is 0 Å². The second-order valence-electron chi connectivity index (χ2n) is 7.35. The Balaban J connectivity index is 1.58. The van der Waals surface area contributed by atoms with Crippen LogP contribution in [-0.4, -0.2) is 30.5 Å². The lowest BCUT2D eigenvalue weighted by atomic mass is 9.95. The second-order valence-corrected chi connectivity index (χ2v) is 7.35. The SMILES string of the molecule is CC(O)C1CCc2nc(-c3ccc(-c4cc(C(F)(F)F)n(C)n4)cc3)cn2C1. The van der Waals surface area contributed by atoms with Gasteiger partial charge in [-0.15, -0.1) is 0 Å². The summed E-state index contributed by atoms with van der Waals surface area (Å²) in [5.41, 5.74) is 1.84. The first kappa shape index (κ1) is 18.7. The molecule has 0 saturated heterocycles. The molecule has 4 rings (SSSR count). The van der Waals surface area contributed by atoms with Gasteiger partial charge in [0.25, 0.3) is 0 Å². The van der Waals surface area contributed by atoms with Gasteiger partial charge in [0.1, 0.15) is 11.5 Å². The fourth-order valence-electron chi connectivity index (χ4n) is 3.69. The summed E-state index contributed by atoms with van der Waals surface area (Å²) >= 11 is 0. The van der Waals surface area contributed by atoms with E-state index in [9.17, 15) is 18.3 Å². The van der Waals surface area contributed by atoms with Crippen LogP contribution in [0.25, 0.3) is 22.5 Å². The lowest BCUT2D eigenvalue weighted by Gasteiger charge is -2.25. The van der Waals surface area contributed by atoms with Crippen molar-refractivity contribution in [2.45, 2.75) is 38.6 Å². The zero-order valence-corrected chi connectivity index (χ0v) is 15.6. The van der Waals surface area contributed by atoms with Crippen molar-refractivity contribution in [2.24, 2.45) is 13.0 Å². The van der Waals surface area contributed by atoms with Crippen LogP contribution in [0, 0.1) is 5.92 Å². The molecular formula is C20H21F3N4O. The molecule has 8 heteroatoms. The molecule has 0 fully saturated rings. The fraction of sp³-hybridized carbons (Fsp3) is 0.400. The number of halogens is 3. The highest BCUT2D eigenvalue weighted by Crippen LogP contribution is 2.33. The van der Waals surface area contributed by atoms with Gasteiger partial charge in [0.05, 0.1) is 17.5 Å². The Labute approximate surface area is 160 Å². The molecule has 1 aliphatic rings. The zero-order chi connectivity index (χ0) is 20.1. The maximum Gasteiger partial charge on any atom is 0.433 e. The molecule has 1 aromatic carbocycles. The maximum absolute atomic E-state index is 13.0. The highest BCUT2D eigenvalue weighted by Gasteiger charge is 2.35. The fourth-order valence-corrected chi connectivity index (χ4v) is 3.69. The highest BCUT2D eigenvalue weighted by molar-refractivity contribution is 5.66. The molecule has 28 heavy (non-hydrogen) atoms. The molecule has 0 aliphatic carbocycles. The second kappa shape index (κ2) is 6.77. The third-order valence-corrected chi connectivity index (χ3v) is 5.36. The van der Waals surface area contributed by atoms with Crippen LogP contribution in [0.15, 0.2) is 36.5 Å². The van der Waals surface area contributed by atoms with E-state index in [1.807, 2.05) is 25.3 Å².